The van der Waals surface area contributed by atoms with Gasteiger partial charge in [-0.1, -0.05) is 0 Å². The third-order valence-corrected chi connectivity index (χ3v) is 2.75. The number of aliphatic carboxylic acids is 1. The van der Waals surface area contributed by atoms with Crippen molar-refractivity contribution >= 4 is 12.0 Å². The molecule has 0 bridgehead atoms. The number of hydrogen-bond acceptors (Lipinski definition) is 4. The number of ether oxygens (including phenoxy) is 1. The van der Waals surface area contributed by atoms with E-state index >= 15 is 0 Å². The van der Waals surface area contributed by atoms with E-state index in [9.17, 15) is 9.59 Å². The maximum Gasteiger partial charge on any atom is 0.329 e. The molecule has 1 aliphatic heterocycles. The zero-order valence-corrected chi connectivity index (χ0v) is 10.7. The van der Waals surface area contributed by atoms with Gasteiger partial charge in [-0.2, -0.15) is 0 Å². The van der Waals surface area contributed by atoms with Gasteiger partial charge in [-0.25, -0.2) is 9.59 Å². The first kappa shape index (κ1) is 14.7. The number of rotatable bonds is 5. The molecular weight excluding hydrogens is 238 g/mol. The predicted octanol–water partition coefficient (Wildman–Crippen LogP) is -0.565. The van der Waals surface area contributed by atoms with Gasteiger partial charge in [0.1, 0.15) is 6.61 Å². The minimum absolute atomic E-state index is 0.107. The van der Waals surface area contributed by atoms with E-state index in [0.717, 1.165) is 32.6 Å². The maximum atomic E-state index is 11.8. The summed E-state index contributed by atoms with van der Waals surface area (Å²) in [5.74, 6) is -1.00. The number of likely N-dealkylation sites (N-methyl/N-ethyl adjacent to an activating group) is 1. The van der Waals surface area contributed by atoms with Gasteiger partial charge in [0.05, 0.1) is 6.61 Å². The van der Waals surface area contributed by atoms with E-state index in [0.29, 0.717) is 6.54 Å². The molecule has 0 saturated carbocycles. The van der Waals surface area contributed by atoms with Crippen LogP contribution in [0.2, 0.25) is 0 Å². The summed E-state index contributed by atoms with van der Waals surface area (Å²) in [4.78, 5) is 25.9. The van der Waals surface area contributed by atoms with E-state index in [2.05, 4.69) is 10.2 Å². The van der Waals surface area contributed by atoms with Crippen molar-refractivity contribution in [1.29, 1.82) is 0 Å². The van der Waals surface area contributed by atoms with Gasteiger partial charge in [-0.15, -0.1) is 0 Å². The highest BCUT2D eigenvalue weighted by molar-refractivity contribution is 5.74. The van der Waals surface area contributed by atoms with Crippen LogP contribution in [0.1, 0.15) is 6.42 Å². The first-order valence-corrected chi connectivity index (χ1v) is 6.10. The second-order valence-electron chi connectivity index (χ2n) is 4.32. The van der Waals surface area contributed by atoms with Crippen LogP contribution < -0.4 is 5.32 Å². The Bertz CT molecular complexity index is 285. The number of nitrogens with one attached hydrogen (secondary N) is 1. The van der Waals surface area contributed by atoms with Gasteiger partial charge in [0.25, 0.3) is 0 Å². The van der Waals surface area contributed by atoms with Crippen molar-refractivity contribution in [2.45, 2.75) is 6.42 Å². The largest absolute Gasteiger partial charge is 0.480 e. The quantitative estimate of drug-likeness (QED) is 0.646. The molecule has 18 heavy (non-hydrogen) atoms. The molecule has 7 heteroatoms. The molecule has 1 fully saturated rings. The molecular formula is C11H21N3O4. The summed E-state index contributed by atoms with van der Waals surface area (Å²) in [5, 5.41) is 11.1. The fourth-order valence-electron chi connectivity index (χ4n) is 1.75. The molecule has 0 aliphatic carbocycles. The first-order valence-electron chi connectivity index (χ1n) is 6.10. The lowest BCUT2D eigenvalue weighted by Gasteiger charge is -2.20. The summed E-state index contributed by atoms with van der Waals surface area (Å²) in [6, 6.07) is -0.107. The lowest BCUT2D eigenvalue weighted by atomic mass is 10.4. The summed E-state index contributed by atoms with van der Waals surface area (Å²) in [5.41, 5.74) is 0. The van der Waals surface area contributed by atoms with Crippen molar-refractivity contribution in [1.82, 2.24) is 15.1 Å². The molecule has 104 valence electrons. The van der Waals surface area contributed by atoms with Crippen molar-refractivity contribution in [2.75, 3.05) is 53.0 Å². The van der Waals surface area contributed by atoms with Crippen LogP contribution in [0.4, 0.5) is 4.79 Å². The van der Waals surface area contributed by atoms with Crippen LogP contribution in [0.15, 0.2) is 0 Å². The van der Waals surface area contributed by atoms with Crippen LogP contribution >= 0.6 is 0 Å². The van der Waals surface area contributed by atoms with Gasteiger partial charge in [0.2, 0.25) is 0 Å². The minimum atomic E-state index is -1.00. The molecule has 1 rings (SSSR count). The van der Waals surface area contributed by atoms with Gasteiger partial charge in [0.15, 0.2) is 0 Å². The van der Waals surface area contributed by atoms with Crippen LogP contribution in [0.5, 0.6) is 0 Å². The smallest absolute Gasteiger partial charge is 0.329 e. The second kappa shape index (κ2) is 7.88. The Morgan fingerprint density at radius 1 is 1.28 bits per heavy atom. The number of carboxylic acid groups (broad SMARTS) is 1. The highest BCUT2D eigenvalue weighted by atomic mass is 16.5. The van der Waals surface area contributed by atoms with Crippen LogP contribution in [0.25, 0.3) is 0 Å². The topological polar surface area (TPSA) is 82.1 Å². The van der Waals surface area contributed by atoms with Crippen LogP contribution in [-0.4, -0.2) is 79.9 Å². The average molecular weight is 259 g/mol. The van der Waals surface area contributed by atoms with Crippen molar-refractivity contribution < 1.29 is 19.4 Å². The molecule has 0 aromatic heterocycles. The lowest BCUT2D eigenvalue weighted by molar-refractivity contribution is -0.142. The Labute approximate surface area is 107 Å². The van der Waals surface area contributed by atoms with Gasteiger partial charge < -0.3 is 25.0 Å². The van der Waals surface area contributed by atoms with E-state index in [-0.39, 0.29) is 19.2 Å². The van der Waals surface area contributed by atoms with Gasteiger partial charge in [-0.3, -0.25) is 0 Å². The summed E-state index contributed by atoms with van der Waals surface area (Å²) in [7, 11) is 2.04. The van der Waals surface area contributed by atoms with E-state index in [1.165, 1.54) is 0 Å². The number of nitrogens with zero attached hydrogens (tertiary/aromatic N) is 2. The van der Waals surface area contributed by atoms with Crippen LogP contribution in [0, 0.1) is 0 Å². The second-order valence-corrected chi connectivity index (χ2v) is 4.32. The Hall–Kier alpha value is -1.34. The summed E-state index contributed by atoms with van der Waals surface area (Å²) >= 11 is 0. The lowest BCUT2D eigenvalue weighted by Crippen LogP contribution is -2.43. The molecule has 2 amide bonds. The van der Waals surface area contributed by atoms with Gasteiger partial charge in [0, 0.05) is 26.2 Å². The predicted molar refractivity (Wildman–Crippen MR) is 65.5 cm³/mol. The van der Waals surface area contributed by atoms with E-state index in [1.807, 2.05) is 7.05 Å². The molecule has 2 N–H and O–H groups in total. The fourth-order valence-corrected chi connectivity index (χ4v) is 1.75. The zero-order valence-electron chi connectivity index (χ0n) is 10.7. The van der Waals surface area contributed by atoms with Crippen LogP contribution in [-0.2, 0) is 9.53 Å². The normalized spacial score (nSPS) is 17.3. The van der Waals surface area contributed by atoms with Crippen LogP contribution in [0.3, 0.4) is 0 Å². The maximum absolute atomic E-state index is 11.8. The Balaban J connectivity index is 2.13. The molecule has 1 aliphatic rings. The molecule has 0 atom stereocenters. The van der Waals surface area contributed by atoms with E-state index in [1.54, 1.807) is 4.90 Å². The molecule has 1 heterocycles. The van der Waals surface area contributed by atoms with Gasteiger partial charge >= 0.3 is 12.0 Å². The number of carbonyl (C=O) groups is 2. The summed E-state index contributed by atoms with van der Waals surface area (Å²) < 4.78 is 4.83. The Morgan fingerprint density at radius 3 is 2.78 bits per heavy atom. The molecule has 0 aromatic rings. The number of carbonyl (C=O) groups excluding carboxylic acids is 1. The SMILES string of the molecule is CN1CCCN(C(=O)NCCOCC(=O)O)CC1. The standard InChI is InChI=1S/C11H21N3O4/c1-13-4-2-5-14(7-6-13)11(17)12-3-8-18-9-10(15)16/h2-9H2,1H3,(H,12,17)(H,15,16). The first-order chi connectivity index (χ1) is 8.59. The number of hydrogen-bond donors (Lipinski definition) is 2. The van der Waals surface area contributed by atoms with Crippen molar-refractivity contribution in [3.05, 3.63) is 0 Å². The third kappa shape index (κ3) is 5.83. The molecule has 7 nitrogen and oxygen atoms in total. The van der Waals surface area contributed by atoms with Crippen molar-refractivity contribution in [3.8, 4) is 0 Å². The number of carboxylic acids is 1. The fraction of sp³-hybridized carbons (Fsp3) is 0.818. The molecule has 0 spiro atoms. The monoisotopic (exact) mass is 259 g/mol. The number of urea groups is 1. The Morgan fingerprint density at radius 2 is 2.06 bits per heavy atom. The minimum Gasteiger partial charge on any atom is -0.480 e. The van der Waals surface area contributed by atoms with E-state index in [4.69, 9.17) is 9.84 Å². The summed E-state index contributed by atoms with van der Waals surface area (Å²) in [6.07, 6.45) is 0.972. The summed E-state index contributed by atoms with van der Waals surface area (Å²) in [6.45, 7) is 3.58. The molecule has 0 radical (unpaired) electrons. The molecule has 0 unspecified atom stereocenters. The highest BCUT2D eigenvalue weighted by Crippen LogP contribution is 2.00. The highest BCUT2D eigenvalue weighted by Gasteiger charge is 2.16. The zero-order chi connectivity index (χ0) is 13.4. The number of amides is 2. The molecule has 0 aromatic carbocycles. The van der Waals surface area contributed by atoms with Gasteiger partial charge in [-0.05, 0) is 20.0 Å². The van der Waals surface area contributed by atoms with Crippen molar-refractivity contribution in [2.24, 2.45) is 0 Å². The molecule has 1 saturated heterocycles. The Kier molecular flexibility index (Phi) is 6.45. The van der Waals surface area contributed by atoms with E-state index < -0.39 is 5.97 Å². The van der Waals surface area contributed by atoms with Crippen molar-refractivity contribution in [3.63, 3.8) is 0 Å². The third-order valence-electron chi connectivity index (χ3n) is 2.75. The average Bonchev–Trinajstić information content (AvgIpc) is 2.53.